The summed E-state index contributed by atoms with van der Waals surface area (Å²) in [7, 11) is -6.53. The van der Waals surface area contributed by atoms with E-state index in [4.69, 9.17) is 4.55 Å². The van der Waals surface area contributed by atoms with Gasteiger partial charge in [0.1, 0.15) is 0 Å². The Kier molecular flexibility index (Phi) is 5.24. The highest BCUT2D eigenvalue weighted by molar-refractivity contribution is 7.85. The van der Waals surface area contributed by atoms with Crippen molar-refractivity contribution in [2.24, 2.45) is 0 Å². The maximum Gasteiger partial charge on any atom is 0.360 e. The molecule has 0 aromatic heterocycles. The van der Waals surface area contributed by atoms with Gasteiger partial charge in [-0.05, 0) is 0 Å². The first kappa shape index (κ1) is 15.4. The van der Waals surface area contributed by atoms with Gasteiger partial charge in [0.2, 0.25) is 0 Å². The van der Waals surface area contributed by atoms with E-state index in [2.05, 4.69) is 0 Å². The molecule has 0 atom stereocenters. The van der Waals surface area contributed by atoms with E-state index in [1.807, 2.05) is 0 Å². The summed E-state index contributed by atoms with van der Waals surface area (Å²) in [4.78, 5) is 0. The number of halogens is 3. The molecule has 3 nitrogen and oxygen atoms in total. The van der Waals surface area contributed by atoms with Crippen LogP contribution in [0, 0.1) is 0 Å². The van der Waals surface area contributed by atoms with Crippen LogP contribution in [0.5, 0.6) is 0 Å². The van der Waals surface area contributed by atoms with E-state index in [-0.39, 0.29) is 0 Å². The van der Waals surface area contributed by atoms with Crippen molar-refractivity contribution < 1.29 is 26.1 Å². The molecule has 0 unspecified atom stereocenters. The second kappa shape index (κ2) is 4.42. The Morgan fingerprint density at radius 1 is 1.15 bits per heavy atom. The van der Waals surface area contributed by atoms with Gasteiger partial charge in [-0.25, -0.2) is 0 Å². The van der Waals surface area contributed by atoms with Crippen LogP contribution in [-0.4, -0.2) is 33.1 Å². The highest BCUT2D eigenvalue weighted by Gasteiger charge is 2.44. The van der Waals surface area contributed by atoms with Gasteiger partial charge in [-0.3, -0.25) is 4.55 Å². The summed E-state index contributed by atoms with van der Waals surface area (Å²) < 4.78 is 60.7. The average Bonchev–Trinajstić information content (AvgIpc) is 1.50. The lowest BCUT2D eigenvalue weighted by Gasteiger charge is -2.19. The maximum absolute atomic E-state index is 11.6. The van der Waals surface area contributed by atoms with E-state index in [9.17, 15) is 21.6 Å². The van der Waals surface area contributed by atoms with Gasteiger partial charge in [-0.2, -0.15) is 21.6 Å². The van der Waals surface area contributed by atoms with E-state index in [0.717, 1.165) is 0 Å². The van der Waals surface area contributed by atoms with E-state index >= 15 is 0 Å². The molecule has 13 heavy (non-hydrogen) atoms. The van der Waals surface area contributed by atoms with Crippen LogP contribution in [0.1, 0.15) is 0 Å². The van der Waals surface area contributed by atoms with Crippen LogP contribution in [0.3, 0.4) is 0 Å². The summed E-state index contributed by atoms with van der Waals surface area (Å²) in [5.41, 5.74) is 0. The Bertz CT molecular complexity index is 219. The van der Waals surface area contributed by atoms with E-state index in [1.165, 1.54) is 19.6 Å². The van der Waals surface area contributed by atoms with Crippen LogP contribution in [0.2, 0.25) is 19.6 Å². The second-order valence-electron chi connectivity index (χ2n) is 3.48. The molecule has 0 aliphatic heterocycles. The smallest absolute Gasteiger partial charge is 0.286 e. The summed E-state index contributed by atoms with van der Waals surface area (Å²) in [6.45, 7) is 3.85. The minimum Gasteiger partial charge on any atom is -0.286 e. The highest BCUT2D eigenvalue weighted by atomic mass is 32.2. The van der Waals surface area contributed by atoms with Crippen molar-refractivity contribution in [2.75, 3.05) is 6.26 Å². The monoisotopic (exact) mass is 238 g/mol. The SMILES string of the molecule is CS(=O)(=O)O.C[Si](C)(C)C(F)(F)F. The molecular weight excluding hydrogens is 225 g/mol. The van der Waals surface area contributed by atoms with Crippen LogP contribution in [0.15, 0.2) is 0 Å². The number of rotatable bonds is 0. The van der Waals surface area contributed by atoms with E-state index < -0.39 is 24.0 Å². The van der Waals surface area contributed by atoms with Crippen LogP contribution >= 0.6 is 0 Å². The van der Waals surface area contributed by atoms with Crippen molar-refractivity contribution in [1.29, 1.82) is 0 Å². The van der Waals surface area contributed by atoms with Gasteiger partial charge in [0.25, 0.3) is 10.1 Å². The third-order valence-electron chi connectivity index (χ3n) is 0.850. The van der Waals surface area contributed by atoms with Gasteiger partial charge in [0, 0.05) is 0 Å². The van der Waals surface area contributed by atoms with Gasteiger partial charge >= 0.3 is 5.80 Å². The zero-order valence-corrected chi connectivity index (χ0v) is 9.62. The summed E-state index contributed by atoms with van der Waals surface area (Å²) in [6, 6.07) is 0. The van der Waals surface area contributed by atoms with Crippen molar-refractivity contribution in [3.8, 4) is 0 Å². The standard InChI is InChI=1S/C4H9F3Si.CH4O3S/c1-8(2,3)4(5,6)7;1-5(2,3)4/h1-3H3;1H3,(H,2,3,4). The third kappa shape index (κ3) is 14.7. The average molecular weight is 238 g/mol. The highest BCUT2D eigenvalue weighted by Crippen LogP contribution is 2.27. The topological polar surface area (TPSA) is 54.4 Å². The molecule has 0 spiro atoms. The lowest BCUT2D eigenvalue weighted by atomic mass is 11.5. The predicted molar refractivity (Wildman–Crippen MR) is 46.9 cm³/mol. The van der Waals surface area contributed by atoms with Gasteiger partial charge < -0.3 is 0 Å². The lowest BCUT2D eigenvalue weighted by Crippen LogP contribution is -2.40. The predicted octanol–water partition coefficient (Wildman–Crippen LogP) is 1.93. The van der Waals surface area contributed by atoms with Crippen LogP contribution in [-0.2, 0) is 10.1 Å². The van der Waals surface area contributed by atoms with Crippen LogP contribution < -0.4 is 0 Å². The molecule has 0 saturated carbocycles. The Morgan fingerprint density at radius 3 is 1.23 bits per heavy atom. The van der Waals surface area contributed by atoms with Crippen LogP contribution in [0.4, 0.5) is 13.2 Å². The number of hydrogen-bond donors (Lipinski definition) is 1. The fraction of sp³-hybridized carbons (Fsp3) is 1.00. The minimum atomic E-state index is -3.92. The molecule has 0 aromatic carbocycles. The van der Waals surface area contributed by atoms with Crippen molar-refractivity contribution in [3.05, 3.63) is 0 Å². The Balaban J connectivity index is 0. The molecule has 0 saturated heterocycles. The second-order valence-corrected chi connectivity index (χ2v) is 10.0. The van der Waals surface area contributed by atoms with Gasteiger partial charge in [0.05, 0.1) is 6.26 Å². The van der Waals surface area contributed by atoms with Crippen molar-refractivity contribution in [3.63, 3.8) is 0 Å². The van der Waals surface area contributed by atoms with E-state index in [1.54, 1.807) is 0 Å². The molecule has 8 heteroatoms. The summed E-state index contributed by atoms with van der Waals surface area (Å²) in [6.07, 6.45) is 0.715. The molecule has 1 N–H and O–H groups in total. The fourth-order valence-electron chi connectivity index (χ4n) is 0. The molecule has 0 aromatic rings. The molecule has 0 amide bonds. The van der Waals surface area contributed by atoms with Gasteiger partial charge in [-0.15, -0.1) is 0 Å². The molecular formula is C5H13F3O3SSi. The van der Waals surface area contributed by atoms with E-state index in [0.29, 0.717) is 6.26 Å². The first-order chi connectivity index (χ1) is 5.25. The van der Waals surface area contributed by atoms with Crippen molar-refractivity contribution >= 4 is 18.2 Å². The van der Waals surface area contributed by atoms with Gasteiger partial charge in [-0.1, -0.05) is 19.6 Å². The first-order valence-electron chi connectivity index (χ1n) is 3.24. The maximum atomic E-state index is 11.6. The summed E-state index contributed by atoms with van der Waals surface area (Å²) in [5.74, 6) is -3.92. The lowest BCUT2D eigenvalue weighted by molar-refractivity contribution is -0.0552. The Hall–Kier alpha value is -0.0831. The molecule has 0 aliphatic rings. The first-order valence-corrected chi connectivity index (χ1v) is 8.59. The Morgan fingerprint density at radius 2 is 1.23 bits per heavy atom. The molecule has 0 fully saturated rings. The number of hydrogen-bond acceptors (Lipinski definition) is 2. The minimum absolute atomic E-state index is 0.715. The molecule has 82 valence electrons. The molecule has 0 heterocycles. The zero-order chi connectivity index (χ0) is 11.5. The zero-order valence-electron chi connectivity index (χ0n) is 7.81. The quantitative estimate of drug-likeness (QED) is 0.518. The number of alkyl halides is 3. The molecule has 0 bridgehead atoms. The summed E-state index contributed by atoms with van der Waals surface area (Å²) in [5, 5.41) is 0. The van der Waals surface area contributed by atoms with Crippen molar-refractivity contribution in [1.82, 2.24) is 0 Å². The third-order valence-corrected chi connectivity index (χ3v) is 2.55. The van der Waals surface area contributed by atoms with Crippen molar-refractivity contribution in [2.45, 2.75) is 25.4 Å². The fourth-order valence-corrected chi connectivity index (χ4v) is 0. The summed E-state index contributed by atoms with van der Waals surface area (Å²) >= 11 is 0. The molecule has 0 radical (unpaired) electrons. The Labute approximate surface area is 76.7 Å². The molecule has 0 rings (SSSR count). The normalized spacial score (nSPS) is 13.2. The largest absolute Gasteiger partial charge is 0.360 e. The molecule has 0 aliphatic carbocycles. The van der Waals surface area contributed by atoms with Crippen LogP contribution in [0.25, 0.3) is 0 Å². The van der Waals surface area contributed by atoms with Gasteiger partial charge in [0.15, 0.2) is 8.07 Å².